The number of carbonyl (C=O) groups is 1. The average molecular weight is 461 g/mol. The van der Waals surface area contributed by atoms with Crippen LogP contribution >= 0.6 is 15.9 Å². The quantitative estimate of drug-likeness (QED) is 0.625. The third kappa shape index (κ3) is 3.29. The van der Waals surface area contributed by atoms with E-state index in [1.165, 1.54) is 18.2 Å². The summed E-state index contributed by atoms with van der Waals surface area (Å²) >= 11 is 3.30. The second kappa shape index (κ2) is 6.73. The number of nitrogens with zero attached hydrogens (tertiary/aromatic N) is 4. The van der Waals surface area contributed by atoms with Crippen LogP contribution in [0.2, 0.25) is 0 Å². The molecular weight excluding hydrogens is 446 g/mol. The van der Waals surface area contributed by atoms with Crippen LogP contribution in [0, 0.1) is 11.6 Å². The number of pyridine rings is 1. The molecule has 29 heavy (non-hydrogen) atoms. The number of amidine groups is 1. The second-order valence-electron chi connectivity index (χ2n) is 6.89. The maximum atomic E-state index is 14.8. The smallest absolute Gasteiger partial charge is 0.267 e. The Balaban J connectivity index is 1.87. The molecule has 0 saturated carbocycles. The van der Waals surface area contributed by atoms with Gasteiger partial charge in [-0.1, -0.05) is 6.07 Å². The van der Waals surface area contributed by atoms with Crippen molar-refractivity contribution in [2.24, 2.45) is 16.5 Å². The fourth-order valence-corrected chi connectivity index (χ4v) is 3.91. The number of primary amides is 1. The number of rotatable bonds is 3. The van der Waals surface area contributed by atoms with Gasteiger partial charge in [0.2, 0.25) is 0 Å². The summed E-state index contributed by atoms with van der Waals surface area (Å²) in [6.45, 7) is 2.02. The van der Waals surface area contributed by atoms with Gasteiger partial charge in [-0.25, -0.2) is 18.7 Å². The number of benzene rings is 1. The molecule has 3 heterocycles. The van der Waals surface area contributed by atoms with Crippen LogP contribution in [-0.4, -0.2) is 26.3 Å². The van der Waals surface area contributed by atoms with Crippen molar-refractivity contribution >= 4 is 27.7 Å². The summed E-state index contributed by atoms with van der Waals surface area (Å²) in [7, 11) is 0. The van der Waals surface area contributed by atoms with E-state index in [2.05, 4.69) is 30.9 Å². The lowest BCUT2D eigenvalue weighted by molar-refractivity contribution is 0.0996. The van der Waals surface area contributed by atoms with Gasteiger partial charge in [0.1, 0.15) is 27.5 Å². The van der Waals surface area contributed by atoms with Crippen LogP contribution in [0.5, 0.6) is 0 Å². The standard InChI is InChI=1S/C19H15BrF2N6O/c1-19(8-28-7-14(20)26-18(28)16(23)27-19)12-4-9(2-3-13(12)22)11-5-10(21)6-25-15(11)17(24)29/h2-7H,8H2,1H3,(H2,23,27)(H2,24,29). The van der Waals surface area contributed by atoms with Crippen LogP contribution in [0.3, 0.4) is 0 Å². The number of aliphatic imine (C=N–C) groups is 1. The predicted molar refractivity (Wildman–Crippen MR) is 106 cm³/mol. The first-order valence-corrected chi connectivity index (χ1v) is 9.31. The second-order valence-corrected chi connectivity index (χ2v) is 7.71. The van der Waals surface area contributed by atoms with Gasteiger partial charge in [0.05, 0.1) is 12.7 Å². The Kier molecular flexibility index (Phi) is 4.45. The lowest BCUT2D eigenvalue weighted by Gasteiger charge is -2.31. The zero-order chi connectivity index (χ0) is 20.9. The first-order chi connectivity index (χ1) is 13.7. The number of halogens is 3. The Labute approximate surface area is 172 Å². The highest BCUT2D eigenvalue weighted by Crippen LogP contribution is 2.36. The van der Waals surface area contributed by atoms with Crippen LogP contribution in [0.1, 0.15) is 28.8 Å². The SMILES string of the molecule is CC1(c2cc(-c3cc(F)cnc3C(N)=O)ccc2F)Cn2cc(Br)nc2C(N)=N1. The molecule has 0 radical (unpaired) electrons. The summed E-state index contributed by atoms with van der Waals surface area (Å²) in [6.07, 6.45) is 2.64. The van der Waals surface area contributed by atoms with Crippen molar-refractivity contribution in [2.75, 3.05) is 0 Å². The van der Waals surface area contributed by atoms with Crippen molar-refractivity contribution in [3.8, 4) is 11.1 Å². The lowest BCUT2D eigenvalue weighted by atomic mass is 9.88. The van der Waals surface area contributed by atoms with E-state index in [-0.39, 0.29) is 29.2 Å². The van der Waals surface area contributed by atoms with E-state index in [1.54, 1.807) is 17.7 Å². The number of aromatic nitrogens is 3. The third-order valence-corrected chi connectivity index (χ3v) is 5.15. The van der Waals surface area contributed by atoms with Crippen LogP contribution in [0.15, 0.2) is 46.3 Å². The summed E-state index contributed by atoms with van der Waals surface area (Å²) < 4.78 is 31.0. The van der Waals surface area contributed by atoms with Crippen LogP contribution in [0.4, 0.5) is 8.78 Å². The summed E-state index contributed by atoms with van der Waals surface area (Å²) in [4.78, 5) is 24.2. The van der Waals surface area contributed by atoms with Crippen molar-refractivity contribution in [3.05, 3.63) is 70.0 Å². The van der Waals surface area contributed by atoms with Gasteiger partial charge in [-0.3, -0.25) is 9.79 Å². The molecule has 0 saturated heterocycles. The van der Waals surface area contributed by atoms with Gasteiger partial charge < -0.3 is 16.0 Å². The maximum Gasteiger partial charge on any atom is 0.267 e. The molecule has 4 rings (SSSR count). The molecule has 1 aromatic carbocycles. The molecule has 4 N–H and O–H groups in total. The molecule has 0 spiro atoms. The number of fused-ring (bicyclic) bond motifs is 1. The predicted octanol–water partition coefficient (Wildman–Crippen LogP) is 2.72. The van der Waals surface area contributed by atoms with Gasteiger partial charge >= 0.3 is 0 Å². The molecule has 0 bridgehead atoms. The maximum absolute atomic E-state index is 14.8. The Hall–Kier alpha value is -3.14. The van der Waals surface area contributed by atoms with Crippen LogP contribution in [0.25, 0.3) is 11.1 Å². The van der Waals surface area contributed by atoms with Gasteiger partial charge in [0, 0.05) is 17.3 Å². The summed E-state index contributed by atoms with van der Waals surface area (Å²) in [5.74, 6) is -1.32. The van der Waals surface area contributed by atoms with Crippen LogP contribution < -0.4 is 11.5 Å². The Morgan fingerprint density at radius 2 is 2.07 bits per heavy atom. The van der Waals surface area contributed by atoms with Crippen molar-refractivity contribution in [2.45, 2.75) is 19.0 Å². The highest BCUT2D eigenvalue weighted by Gasteiger charge is 2.35. The highest BCUT2D eigenvalue weighted by atomic mass is 79.9. The molecule has 7 nitrogen and oxygen atoms in total. The van der Waals surface area contributed by atoms with Crippen LogP contribution in [-0.2, 0) is 12.1 Å². The van der Waals surface area contributed by atoms with E-state index < -0.39 is 23.1 Å². The average Bonchev–Trinajstić information content (AvgIpc) is 3.02. The molecule has 1 amide bonds. The largest absolute Gasteiger partial charge is 0.381 e. The fourth-order valence-electron chi connectivity index (χ4n) is 3.50. The first-order valence-electron chi connectivity index (χ1n) is 8.52. The number of hydrogen-bond acceptors (Lipinski definition) is 5. The zero-order valence-electron chi connectivity index (χ0n) is 15.2. The third-order valence-electron chi connectivity index (χ3n) is 4.77. The number of carbonyl (C=O) groups excluding carboxylic acids is 1. The van der Waals surface area contributed by atoms with Crippen molar-refractivity contribution in [1.82, 2.24) is 14.5 Å². The highest BCUT2D eigenvalue weighted by molar-refractivity contribution is 9.10. The molecule has 1 unspecified atom stereocenters. The number of imidazole rings is 1. The Morgan fingerprint density at radius 3 is 2.79 bits per heavy atom. The zero-order valence-corrected chi connectivity index (χ0v) is 16.7. The molecule has 0 aliphatic carbocycles. The molecule has 0 fully saturated rings. The van der Waals surface area contributed by atoms with E-state index in [9.17, 15) is 13.6 Å². The van der Waals surface area contributed by atoms with E-state index in [0.29, 0.717) is 16.0 Å². The molecule has 148 valence electrons. The van der Waals surface area contributed by atoms with E-state index >= 15 is 0 Å². The molecule has 1 aliphatic heterocycles. The fraction of sp³-hybridized carbons (Fsp3) is 0.158. The monoisotopic (exact) mass is 460 g/mol. The van der Waals surface area contributed by atoms with Gasteiger partial charge in [0.15, 0.2) is 11.7 Å². The molecule has 2 aromatic heterocycles. The van der Waals surface area contributed by atoms with Gasteiger partial charge in [-0.05, 0) is 46.6 Å². The molecule has 1 atom stereocenters. The lowest BCUT2D eigenvalue weighted by Crippen LogP contribution is -2.37. The minimum Gasteiger partial charge on any atom is -0.381 e. The Morgan fingerprint density at radius 1 is 1.31 bits per heavy atom. The van der Waals surface area contributed by atoms with E-state index in [0.717, 1.165) is 12.3 Å². The van der Waals surface area contributed by atoms with Crippen molar-refractivity contribution < 1.29 is 13.6 Å². The number of nitrogens with two attached hydrogens (primary N) is 2. The minimum absolute atomic E-state index is 0.110. The van der Waals surface area contributed by atoms with Gasteiger partial charge in [-0.15, -0.1) is 0 Å². The molecular formula is C19H15BrF2N6O. The summed E-state index contributed by atoms with van der Waals surface area (Å²) in [5.41, 5.74) is 11.0. The normalized spacial score (nSPS) is 18.3. The van der Waals surface area contributed by atoms with E-state index in [1.807, 2.05) is 0 Å². The van der Waals surface area contributed by atoms with E-state index in [4.69, 9.17) is 11.5 Å². The Bertz CT molecular complexity index is 1190. The molecule has 10 heteroatoms. The minimum atomic E-state index is -1.05. The number of hydrogen-bond donors (Lipinski definition) is 2. The topological polar surface area (TPSA) is 112 Å². The van der Waals surface area contributed by atoms with Crippen molar-refractivity contribution in [3.63, 3.8) is 0 Å². The van der Waals surface area contributed by atoms with Gasteiger partial charge in [0.25, 0.3) is 5.91 Å². The molecule has 3 aromatic rings. The first kappa shape index (κ1) is 19.2. The molecule has 1 aliphatic rings. The van der Waals surface area contributed by atoms with Gasteiger partial charge in [-0.2, -0.15) is 0 Å². The summed E-state index contributed by atoms with van der Waals surface area (Å²) in [6, 6.07) is 5.30. The van der Waals surface area contributed by atoms with Crippen molar-refractivity contribution in [1.29, 1.82) is 0 Å². The summed E-state index contributed by atoms with van der Waals surface area (Å²) in [5, 5.41) is 0. The number of amides is 1.